The number of carbonyl (C=O) groups is 3. The van der Waals surface area contributed by atoms with Gasteiger partial charge in [0.1, 0.15) is 0 Å². The van der Waals surface area contributed by atoms with Crippen molar-refractivity contribution in [3.8, 4) is 17.2 Å². The topological polar surface area (TPSA) is 106 Å². The molecule has 0 unspecified atom stereocenters. The van der Waals surface area contributed by atoms with Crippen LogP contribution in [0.25, 0.3) is 0 Å². The molecule has 1 saturated heterocycles. The summed E-state index contributed by atoms with van der Waals surface area (Å²) in [6.45, 7) is -0.413. The molecular formula is C21H20F3N3O6. The average molecular weight is 467 g/mol. The first-order chi connectivity index (χ1) is 15.6. The summed E-state index contributed by atoms with van der Waals surface area (Å²) >= 11 is 0. The SMILES string of the molecule is COc1cc(C(=O)N[C@]2(C(F)(F)F)NC(=O)N(Cc3ccccc3)C2=O)cc(OC)c1OC. The number of methoxy groups -OCH3 is 3. The van der Waals surface area contributed by atoms with Crippen LogP contribution in [-0.2, 0) is 11.3 Å². The number of ether oxygens (including phenoxy) is 3. The third-order valence-corrected chi connectivity index (χ3v) is 4.94. The first-order valence-electron chi connectivity index (χ1n) is 9.45. The molecule has 176 valence electrons. The van der Waals surface area contributed by atoms with Crippen LogP contribution in [-0.4, -0.2) is 55.9 Å². The summed E-state index contributed by atoms with van der Waals surface area (Å²) in [7, 11) is 3.84. The molecule has 2 aromatic carbocycles. The van der Waals surface area contributed by atoms with Crippen molar-refractivity contribution in [3.63, 3.8) is 0 Å². The monoisotopic (exact) mass is 467 g/mol. The van der Waals surface area contributed by atoms with Crippen LogP contribution in [0.1, 0.15) is 15.9 Å². The van der Waals surface area contributed by atoms with E-state index in [1.165, 1.54) is 21.3 Å². The highest BCUT2D eigenvalue weighted by atomic mass is 19.4. The molecule has 0 radical (unpaired) electrons. The van der Waals surface area contributed by atoms with Crippen LogP contribution in [0, 0.1) is 0 Å². The van der Waals surface area contributed by atoms with Gasteiger partial charge in [0.25, 0.3) is 17.5 Å². The zero-order valence-electron chi connectivity index (χ0n) is 17.8. The number of amides is 4. The molecule has 1 aliphatic rings. The minimum absolute atomic E-state index is 0.00977. The summed E-state index contributed by atoms with van der Waals surface area (Å²) in [5.74, 6) is -2.83. The number of alkyl halides is 3. The molecule has 9 nitrogen and oxygen atoms in total. The van der Waals surface area contributed by atoms with Crippen LogP contribution in [0.2, 0.25) is 0 Å². The van der Waals surface area contributed by atoms with Crippen LogP contribution in [0.15, 0.2) is 42.5 Å². The van der Waals surface area contributed by atoms with E-state index in [9.17, 15) is 27.6 Å². The van der Waals surface area contributed by atoms with Gasteiger partial charge in [0.2, 0.25) is 5.75 Å². The minimum Gasteiger partial charge on any atom is -0.493 e. The van der Waals surface area contributed by atoms with E-state index in [1.54, 1.807) is 41.0 Å². The maximum atomic E-state index is 14.1. The number of hydrogen-bond acceptors (Lipinski definition) is 6. The Morgan fingerprint density at radius 3 is 2.09 bits per heavy atom. The number of nitrogens with one attached hydrogen (secondary N) is 2. The predicted octanol–water partition coefficient (Wildman–Crippen LogP) is 2.45. The first kappa shape index (κ1) is 23.7. The van der Waals surface area contributed by atoms with Gasteiger partial charge in [0.05, 0.1) is 27.9 Å². The maximum absolute atomic E-state index is 14.1. The van der Waals surface area contributed by atoms with Gasteiger partial charge in [-0.3, -0.25) is 19.8 Å². The number of hydrogen-bond donors (Lipinski definition) is 2. The van der Waals surface area contributed by atoms with Crippen molar-refractivity contribution in [3.05, 3.63) is 53.6 Å². The van der Waals surface area contributed by atoms with Crippen molar-refractivity contribution in [1.29, 1.82) is 0 Å². The molecule has 2 aromatic rings. The normalized spacial score (nSPS) is 18.1. The number of imide groups is 1. The summed E-state index contributed by atoms with van der Waals surface area (Å²) in [5, 5.41) is 3.25. The Hall–Kier alpha value is -3.96. The lowest BCUT2D eigenvalue weighted by molar-refractivity contribution is -0.200. The molecule has 4 amide bonds. The molecule has 1 heterocycles. The molecule has 3 rings (SSSR count). The van der Waals surface area contributed by atoms with E-state index in [-0.39, 0.29) is 22.8 Å². The van der Waals surface area contributed by atoms with E-state index >= 15 is 0 Å². The molecule has 0 bridgehead atoms. The van der Waals surface area contributed by atoms with Gasteiger partial charge < -0.3 is 19.5 Å². The fourth-order valence-electron chi connectivity index (χ4n) is 3.29. The zero-order chi connectivity index (χ0) is 24.4. The Morgan fingerprint density at radius 1 is 1.03 bits per heavy atom. The van der Waals surface area contributed by atoms with E-state index in [2.05, 4.69) is 0 Å². The standard InChI is InChI=1S/C21H20F3N3O6/c1-31-14-9-13(10-15(32-2)16(14)33-3)17(28)25-20(21(22,23)24)18(29)27(19(30)26-20)11-12-7-5-4-6-8-12/h4-10H,11H2,1-3H3,(H,25,28)(H,26,30)/t20-/m0/s1. The Balaban J connectivity index is 1.97. The summed E-state index contributed by atoms with van der Waals surface area (Å²) in [4.78, 5) is 38.4. The predicted molar refractivity (Wildman–Crippen MR) is 108 cm³/mol. The highest BCUT2D eigenvalue weighted by Gasteiger charge is 2.68. The number of carbonyl (C=O) groups excluding carboxylic acids is 3. The van der Waals surface area contributed by atoms with Crippen LogP contribution in [0.5, 0.6) is 17.2 Å². The number of urea groups is 1. The van der Waals surface area contributed by atoms with E-state index < -0.39 is 36.2 Å². The molecule has 0 saturated carbocycles. The molecule has 1 fully saturated rings. The molecule has 1 atom stereocenters. The van der Waals surface area contributed by atoms with Crippen molar-refractivity contribution >= 4 is 17.8 Å². The second-order valence-electron chi connectivity index (χ2n) is 6.92. The molecular weight excluding hydrogens is 447 g/mol. The van der Waals surface area contributed by atoms with Gasteiger partial charge in [0, 0.05) is 5.56 Å². The summed E-state index contributed by atoms with van der Waals surface area (Å²) in [6, 6.07) is 8.91. The summed E-state index contributed by atoms with van der Waals surface area (Å²) in [5.41, 5.74) is -3.55. The quantitative estimate of drug-likeness (QED) is 0.606. The fraction of sp³-hybridized carbons (Fsp3) is 0.286. The molecule has 0 aliphatic carbocycles. The molecule has 33 heavy (non-hydrogen) atoms. The smallest absolute Gasteiger partial charge is 0.440 e. The Kier molecular flexibility index (Phi) is 6.38. The lowest BCUT2D eigenvalue weighted by Gasteiger charge is -2.30. The second kappa shape index (κ2) is 8.88. The van der Waals surface area contributed by atoms with Crippen molar-refractivity contribution < 1.29 is 41.8 Å². The van der Waals surface area contributed by atoms with Gasteiger partial charge in [0.15, 0.2) is 11.5 Å². The van der Waals surface area contributed by atoms with E-state index in [4.69, 9.17) is 14.2 Å². The highest BCUT2D eigenvalue weighted by molar-refractivity contribution is 6.10. The Labute approximate surface area is 186 Å². The van der Waals surface area contributed by atoms with Crippen LogP contribution in [0.4, 0.5) is 18.0 Å². The number of rotatable bonds is 7. The number of nitrogens with zero attached hydrogens (tertiary/aromatic N) is 1. The van der Waals surface area contributed by atoms with Crippen molar-refractivity contribution in [2.75, 3.05) is 21.3 Å². The van der Waals surface area contributed by atoms with Crippen molar-refractivity contribution in [2.45, 2.75) is 18.4 Å². The van der Waals surface area contributed by atoms with Crippen molar-refractivity contribution in [2.24, 2.45) is 0 Å². The fourth-order valence-corrected chi connectivity index (χ4v) is 3.29. The number of halogens is 3. The van der Waals surface area contributed by atoms with Gasteiger partial charge in [-0.15, -0.1) is 0 Å². The molecule has 0 aromatic heterocycles. The van der Waals surface area contributed by atoms with Gasteiger partial charge in [-0.1, -0.05) is 30.3 Å². The van der Waals surface area contributed by atoms with Crippen LogP contribution in [0.3, 0.4) is 0 Å². The number of benzene rings is 2. The van der Waals surface area contributed by atoms with E-state index in [0.29, 0.717) is 10.5 Å². The van der Waals surface area contributed by atoms with Crippen molar-refractivity contribution in [1.82, 2.24) is 15.5 Å². The van der Waals surface area contributed by atoms with Gasteiger partial charge in [-0.2, -0.15) is 13.2 Å². The minimum atomic E-state index is -5.35. The first-order valence-corrected chi connectivity index (χ1v) is 9.45. The van der Waals surface area contributed by atoms with Gasteiger partial charge >= 0.3 is 12.2 Å². The average Bonchev–Trinajstić information content (AvgIpc) is 3.03. The van der Waals surface area contributed by atoms with Crippen LogP contribution >= 0.6 is 0 Å². The van der Waals surface area contributed by atoms with Gasteiger partial charge in [-0.25, -0.2) is 4.79 Å². The van der Waals surface area contributed by atoms with Crippen LogP contribution < -0.4 is 24.8 Å². The largest absolute Gasteiger partial charge is 0.493 e. The third kappa shape index (κ3) is 4.23. The highest BCUT2D eigenvalue weighted by Crippen LogP contribution is 2.39. The lowest BCUT2D eigenvalue weighted by atomic mass is 10.1. The Morgan fingerprint density at radius 2 is 1.61 bits per heavy atom. The maximum Gasteiger partial charge on any atom is 0.440 e. The lowest BCUT2D eigenvalue weighted by Crippen LogP contribution is -2.69. The molecule has 2 N–H and O–H groups in total. The van der Waals surface area contributed by atoms with E-state index in [1.807, 2.05) is 0 Å². The summed E-state index contributed by atoms with van der Waals surface area (Å²) < 4.78 is 57.6. The third-order valence-electron chi connectivity index (χ3n) is 4.94. The summed E-state index contributed by atoms with van der Waals surface area (Å²) in [6.07, 6.45) is -5.35. The molecule has 12 heteroatoms. The zero-order valence-corrected chi connectivity index (χ0v) is 17.8. The Bertz CT molecular complexity index is 1050. The van der Waals surface area contributed by atoms with Gasteiger partial charge in [-0.05, 0) is 17.7 Å². The second-order valence-corrected chi connectivity index (χ2v) is 6.92. The molecule has 1 aliphatic heterocycles. The molecule has 0 spiro atoms. The van der Waals surface area contributed by atoms with E-state index in [0.717, 1.165) is 12.1 Å².